The first kappa shape index (κ1) is 17.0. The smallest absolute Gasteiger partial charge is 0.254 e. The predicted octanol–water partition coefficient (Wildman–Crippen LogP) is 3.00. The number of anilines is 2. The van der Waals surface area contributed by atoms with E-state index in [1.807, 2.05) is 23.1 Å². The second kappa shape index (κ2) is 7.38. The highest BCUT2D eigenvalue weighted by Gasteiger charge is 2.27. The van der Waals surface area contributed by atoms with Crippen molar-refractivity contribution < 1.29 is 9.59 Å². The van der Waals surface area contributed by atoms with Crippen LogP contribution in [0.5, 0.6) is 0 Å². The van der Waals surface area contributed by atoms with Gasteiger partial charge in [-0.2, -0.15) is 0 Å². The van der Waals surface area contributed by atoms with E-state index in [9.17, 15) is 9.59 Å². The quantitative estimate of drug-likeness (QED) is 0.937. The van der Waals surface area contributed by atoms with Gasteiger partial charge in [0, 0.05) is 49.5 Å². The van der Waals surface area contributed by atoms with Crippen molar-refractivity contribution in [2.45, 2.75) is 19.9 Å². The van der Waals surface area contributed by atoms with Gasteiger partial charge in [-0.05, 0) is 37.3 Å². The van der Waals surface area contributed by atoms with Crippen LogP contribution in [-0.2, 0) is 4.79 Å². The Kier molecular flexibility index (Phi) is 5.03. The largest absolute Gasteiger partial charge is 0.365 e. The van der Waals surface area contributed by atoms with Crippen LogP contribution in [0.4, 0.5) is 11.4 Å². The van der Waals surface area contributed by atoms with Gasteiger partial charge in [0.1, 0.15) is 0 Å². The van der Waals surface area contributed by atoms with E-state index in [-0.39, 0.29) is 17.9 Å². The number of carbonyl (C=O) groups excluding carboxylic acids is 2. The number of amides is 2. The van der Waals surface area contributed by atoms with Crippen molar-refractivity contribution in [3.63, 3.8) is 0 Å². The Bertz CT molecular complexity index is 761. The molecule has 2 amide bonds. The van der Waals surface area contributed by atoms with Crippen molar-refractivity contribution >= 4 is 23.2 Å². The molecule has 2 aromatic carbocycles. The second-order valence-electron chi connectivity index (χ2n) is 6.39. The first-order valence-corrected chi connectivity index (χ1v) is 8.53. The van der Waals surface area contributed by atoms with Crippen molar-refractivity contribution in [2.75, 3.05) is 29.9 Å². The molecule has 3 rings (SSSR count). The number of piperazine rings is 1. The number of carbonyl (C=O) groups is 2. The fraction of sp³-hybridized carbons (Fsp3) is 0.300. The standard InChI is InChI=1S/C20H23N3O2/c1-15-14-22(11-12-23(15)19-9-4-3-5-10-19)20(25)17-7-6-8-18(13-17)21-16(2)24/h3-10,13,15H,11-12,14H2,1-2H3,(H,21,24). The molecule has 0 bridgehead atoms. The molecular weight excluding hydrogens is 314 g/mol. The molecule has 0 aromatic heterocycles. The van der Waals surface area contributed by atoms with Crippen LogP contribution >= 0.6 is 0 Å². The minimum Gasteiger partial charge on any atom is -0.365 e. The molecule has 1 unspecified atom stereocenters. The van der Waals surface area contributed by atoms with Gasteiger partial charge in [0.2, 0.25) is 5.91 Å². The van der Waals surface area contributed by atoms with Gasteiger partial charge in [-0.3, -0.25) is 9.59 Å². The molecule has 1 aliphatic rings. The Balaban J connectivity index is 1.69. The summed E-state index contributed by atoms with van der Waals surface area (Å²) in [5.41, 5.74) is 2.44. The third kappa shape index (κ3) is 3.99. The third-order valence-corrected chi connectivity index (χ3v) is 4.43. The Hall–Kier alpha value is -2.82. The summed E-state index contributed by atoms with van der Waals surface area (Å²) in [7, 11) is 0. The van der Waals surface area contributed by atoms with E-state index in [0.29, 0.717) is 24.3 Å². The van der Waals surface area contributed by atoms with Crippen molar-refractivity contribution in [3.05, 3.63) is 60.2 Å². The van der Waals surface area contributed by atoms with E-state index in [1.165, 1.54) is 12.6 Å². The number of nitrogens with one attached hydrogen (secondary N) is 1. The first-order chi connectivity index (χ1) is 12.0. The van der Waals surface area contributed by atoms with Crippen LogP contribution in [0.3, 0.4) is 0 Å². The number of hydrogen-bond donors (Lipinski definition) is 1. The number of para-hydroxylation sites is 1. The van der Waals surface area contributed by atoms with Crippen molar-refractivity contribution in [1.29, 1.82) is 0 Å². The Morgan fingerprint density at radius 3 is 2.48 bits per heavy atom. The summed E-state index contributed by atoms with van der Waals surface area (Å²) in [5, 5.41) is 2.72. The van der Waals surface area contributed by atoms with E-state index < -0.39 is 0 Å². The molecule has 0 spiro atoms. The first-order valence-electron chi connectivity index (χ1n) is 8.53. The molecule has 1 fully saturated rings. The lowest BCUT2D eigenvalue weighted by Gasteiger charge is -2.41. The summed E-state index contributed by atoms with van der Waals surface area (Å²) in [5.74, 6) is -0.138. The zero-order chi connectivity index (χ0) is 17.8. The number of hydrogen-bond acceptors (Lipinski definition) is 3. The molecule has 5 heteroatoms. The molecule has 5 nitrogen and oxygen atoms in total. The summed E-state index contributed by atoms with van der Waals surface area (Å²) in [4.78, 5) is 28.2. The SMILES string of the molecule is CC(=O)Nc1cccc(C(=O)N2CCN(c3ccccc3)C(C)C2)c1. The Morgan fingerprint density at radius 2 is 1.80 bits per heavy atom. The van der Waals surface area contributed by atoms with Crippen molar-refractivity contribution in [2.24, 2.45) is 0 Å². The molecule has 0 radical (unpaired) electrons. The summed E-state index contributed by atoms with van der Waals surface area (Å²) < 4.78 is 0. The average Bonchev–Trinajstić information content (AvgIpc) is 2.61. The third-order valence-electron chi connectivity index (χ3n) is 4.43. The predicted molar refractivity (Wildman–Crippen MR) is 99.9 cm³/mol. The normalized spacial score (nSPS) is 17.3. The van der Waals surface area contributed by atoms with Crippen LogP contribution in [0.25, 0.3) is 0 Å². The van der Waals surface area contributed by atoms with Crippen LogP contribution < -0.4 is 10.2 Å². The molecule has 0 saturated carbocycles. The van der Waals surface area contributed by atoms with Gasteiger partial charge in [-0.15, -0.1) is 0 Å². The van der Waals surface area contributed by atoms with Crippen LogP contribution in [-0.4, -0.2) is 42.4 Å². The van der Waals surface area contributed by atoms with Crippen LogP contribution in [0, 0.1) is 0 Å². The van der Waals surface area contributed by atoms with Crippen LogP contribution in [0.1, 0.15) is 24.2 Å². The zero-order valence-electron chi connectivity index (χ0n) is 14.6. The molecule has 130 valence electrons. The molecule has 1 aliphatic heterocycles. The number of nitrogens with zero attached hydrogens (tertiary/aromatic N) is 2. The minimum absolute atomic E-state index is 0.00626. The molecule has 1 N–H and O–H groups in total. The lowest BCUT2D eigenvalue weighted by Crippen LogP contribution is -2.53. The minimum atomic E-state index is -0.144. The summed E-state index contributed by atoms with van der Waals surface area (Å²) >= 11 is 0. The van der Waals surface area contributed by atoms with E-state index in [1.54, 1.807) is 24.3 Å². The van der Waals surface area contributed by atoms with Gasteiger partial charge < -0.3 is 15.1 Å². The number of benzene rings is 2. The second-order valence-corrected chi connectivity index (χ2v) is 6.39. The lowest BCUT2D eigenvalue weighted by atomic mass is 10.1. The molecule has 25 heavy (non-hydrogen) atoms. The van der Waals surface area contributed by atoms with Gasteiger partial charge in [0.15, 0.2) is 0 Å². The highest BCUT2D eigenvalue weighted by Crippen LogP contribution is 2.21. The highest BCUT2D eigenvalue weighted by molar-refractivity contribution is 5.97. The highest BCUT2D eigenvalue weighted by atomic mass is 16.2. The monoisotopic (exact) mass is 337 g/mol. The molecule has 1 atom stereocenters. The van der Waals surface area contributed by atoms with Crippen molar-refractivity contribution in [3.8, 4) is 0 Å². The van der Waals surface area contributed by atoms with Crippen LogP contribution in [0.2, 0.25) is 0 Å². The number of rotatable bonds is 3. The topological polar surface area (TPSA) is 52.7 Å². The average molecular weight is 337 g/mol. The maximum absolute atomic E-state index is 12.8. The molecule has 0 aliphatic carbocycles. The lowest BCUT2D eigenvalue weighted by molar-refractivity contribution is -0.114. The van der Waals surface area contributed by atoms with E-state index >= 15 is 0 Å². The zero-order valence-corrected chi connectivity index (χ0v) is 14.6. The van der Waals surface area contributed by atoms with Gasteiger partial charge in [-0.25, -0.2) is 0 Å². The molecule has 1 saturated heterocycles. The maximum Gasteiger partial charge on any atom is 0.254 e. The van der Waals surface area contributed by atoms with E-state index in [2.05, 4.69) is 29.3 Å². The summed E-state index contributed by atoms with van der Waals surface area (Å²) in [6, 6.07) is 17.6. The van der Waals surface area contributed by atoms with Gasteiger partial charge >= 0.3 is 0 Å². The van der Waals surface area contributed by atoms with Gasteiger partial charge in [0.25, 0.3) is 5.91 Å². The van der Waals surface area contributed by atoms with E-state index in [0.717, 1.165) is 6.54 Å². The van der Waals surface area contributed by atoms with E-state index in [4.69, 9.17) is 0 Å². The fourth-order valence-electron chi connectivity index (χ4n) is 3.26. The maximum atomic E-state index is 12.8. The molecule has 2 aromatic rings. The Labute approximate surface area is 148 Å². The summed E-state index contributed by atoms with van der Waals surface area (Å²) in [6.45, 7) is 5.77. The molecular formula is C20H23N3O2. The summed E-state index contributed by atoms with van der Waals surface area (Å²) in [6.07, 6.45) is 0. The van der Waals surface area contributed by atoms with Gasteiger partial charge in [-0.1, -0.05) is 24.3 Å². The van der Waals surface area contributed by atoms with Crippen LogP contribution in [0.15, 0.2) is 54.6 Å². The van der Waals surface area contributed by atoms with Gasteiger partial charge in [0.05, 0.1) is 0 Å². The Morgan fingerprint density at radius 1 is 1.04 bits per heavy atom. The van der Waals surface area contributed by atoms with Crippen molar-refractivity contribution in [1.82, 2.24) is 4.90 Å². The molecule has 1 heterocycles. The fourth-order valence-corrected chi connectivity index (χ4v) is 3.26.